The van der Waals surface area contributed by atoms with Crippen molar-refractivity contribution in [2.75, 3.05) is 6.54 Å². The molecule has 21 heavy (non-hydrogen) atoms. The van der Waals surface area contributed by atoms with E-state index >= 15 is 0 Å². The first-order valence-electron chi connectivity index (χ1n) is 7.53. The number of allylic oxidation sites excluding steroid dienone is 1. The molecule has 1 N–H and O–H groups in total. The van der Waals surface area contributed by atoms with Crippen LogP contribution in [0.2, 0.25) is 0 Å². The smallest absolute Gasteiger partial charge is 0.260 e. The highest BCUT2D eigenvalue weighted by atomic mass is 79.9. The van der Waals surface area contributed by atoms with E-state index in [9.17, 15) is 4.79 Å². The minimum atomic E-state index is -0.480. The predicted molar refractivity (Wildman–Crippen MR) is 88.4 cm³/mol. The lowest BCUT2D eigenvalue weighted by Crippen LogP contribution is -2.36. The third-order valence-corrected chi connectivity index (χ3v) is 4.15. The van der Waals surface area contributed by atoms with Crippen molar-refractivity contribution in [3.63, 3.8) is 0 Å². The summed E-state index contributed by atoms with van der Waals surface area (Å²) in [4.78, 5) is 12.0. The highest BCUT2D eigenvalue weighted by molar-refractivity contribution is 9.10. The number of carbonyl (C=O) groups is 1. The van der Waals surface area contributed by atoms with Crippen LogP contribution in [-0.2, 0) is 4.79 Å². The van der Waals surface area contributed by atoms with Crippen molar-refractivity contribution in [3.8, 4) is 5.75 Å². The van der Waals surface area contributed by atoms with E-state index in [0.717, 1.165) is 10.9 Å². The van der Waals surface area contributed by atoms with Gasteiger partial charge in [-0.3, -0.25) is 4.79 Å². The summed E-state index contributed by atoms with van der Waals surface area (Å²) in [6, 6.07) is 7.49. The van der Waals surface area contributed by atoms with Gasteiger partial charge in [-0.05, 0) is 63.3 Å². The average Bonchev–Trinajstić information content (AvgIpc) is 2.50. The van der Waals surface area contributed by atoms with E-state index in [1.165, 1.54) is 31.3 Å². The van der Waals surface area contributed by atoms with Gasteiger partial charge in [-0.15, -0.1) is 0 Å². The Morgan fingerprint density at radius 1 is 1.33 bits per heavy atom. The minimum Gasteiger partial charge on any atom is -0.481 e. The number of nitrogens with one attached hydrogen (secondary N) is 1. The summed E-state index contributed by atoms with van der Waals surface area (Å²) in [6.07, 6.45) is 7.74. The van der Waals surface area contributed by atoms with Crippen LogP contribution in [-0.4, -0.2) is 18.6 Å². The number of amides is 1. The Balaban J connectivity index is 1.72. The Hall–Kier alpha value is -1.29. The van der Waals surface area contributed by atoms with E-state index in [-0.39, 0.29) is 5.91 Å². The van der Waals surface area contributed by atoms with Crippen LogP contribution in [0.5, 0.6) is 5.75 Å². The molecule has 1 aliphatic carbocycles. The molecule has 1 aliphatic rings. The number of ether oxygens (including phenoxy) is 1. The lowest BCUT2D eigenvalue weighted by atomic mass is 9.97. The van der Waals surface area contributed by atoms with E-state index in [2.05, 4.69) is 27.3 Å². The number of hydrogen-bond acceptors (Lipinski definition) is 2. The van der Waals surface area contributed by atoms with E-state index in [4.69, 9.17) is 4.74 Å². The van der Waals surface area contributed by atoms with Gasteiger partial charge in [0.25, 0.3) is 5.91 Å². The topological polar surface area (TPSA) is 38.3 Å². The molecule has 1 amide bonds. The van der Waals surface area contributed by atoms with Gasteiger partial charge in [0, 0.05) is 11.0 Å². The van der Waals surface area contributed by atoms with Crippen LogP contribution >= 0.6 is 15.9 Å². The molecule has 3 nitrogen and oxygen atoms in total. The fourth-order valence-corrected chi connectivity index (χ4v) is 2.66. The van der Waals surface area contributed by atoms with E-state index in [1.807, 2.05) is 24.3 Å². The molecule has 0 radical (unpaired) electrons. The summed E-state index contributed by atoms with van der Waals surface area (Å²) in [5.74, 6) is 0.644. The van der Waals surface area contributed by atoms with Crippen LogP contribution in [0, 0.1) is 0 Å². The molecule has 1 unspecified atom stereocenters. The summed E-state index contributed by atoms with van der Waals surface area (Å²) in [7, 11) is 0. The monoisotopic (exact) mass is 351 g/mol. The standard InChI is InChI=1S/C17H22BrNO2/c1-13(21-16-9-7-15(18)8-10-16)17(20)19-12-11-14-5-3-2-4-6-14/h5,7-10,13H,2-4,6,11-12H2,1H3,(H,19,20). The highest BCUT2D eigenvalue weighted by Crippen LogP contribution is 2.19. The van der Waals surface area contributed by atoms with Gasteiger partial charge in [-0.2, -0.15) is 0 Å². The number of hydrogen-bond donors (Lipinski definition) is 1. The fourth-order valence-electron chi connectivity index (χ4n) is 2.39. The second-order valence-corrected chi connectivity index (χ2v) is 6.28. The Morgan fingerprint density at radius 2 is 2.10 bits per heavy atom. The lowest BCUT2D eigenvalue weighted by Gasteiger charge is -2.16. The molecule has 0 spiro atoms. The van der Waals surface area contributed by atoms with Gasteiger partial charge in [0.15, 0.2) is 6.10 Å². The first-order valence-corrected chi connectivity index (χ1v) is 8.32. The maximum atomic E-state index is 12.0. The van der Waals surface area contributed by atoms with Crippen molar-refractivity contribution in [3.05, 3.63) is 40.4 Å². The predicted octanol–water partition coefficient (Wildman–Crippen LogP) is 4.22. The van der Waals surface area contributed by atoms with Crippen LogP contribution in [0.1, 0.15) is 39.0 Å². The summed E-state index contributed by atoms with van der Waals surface area (Å²) in [5, 5.41) is 2.95. The molecule has 0 aromatic heterocycles. The normalized spacial score (nSPS) is 16.0. The molecular formula is C17H22BrNO2. The van der Waals surface area contributed by atoms with E-state index < -0.39 is 6.10 Å². The van der Waals surface area contributed by atoms with E-state index in [0.29, 0.717) is 12.3 Å². The Kier molecular flexibility index (Phi) is 6.30. The van der Waals surface area contributed by atoms with Crippen molar-refractivity contribution in [2.45, 2.75) is 45.1 Å². The van der Waals surface area contributed by atoms with Gasteiger partial charge >= 0.3 is 0 Å². The van der Waals surface area contributed by atoms with E-state index in [1.54, 1.807) is 6.92 Å². The fraction of sp³-hybridized carbons (Fsp3) is 0.471. The molecule has 0 heterocycles. The van der Waals surface area contributed by atoms with Crippen molar-refractivity contribution in [1.29, 1.82) is 0 Å². The zero-order valence-electron chi connectivity index (χ0n) is 12.4. The summed E-state index contributed by atoms with van der Waals surface area (Å²) < 4.78 is 6.62. The van der Waals surface area contributed by atoms with Gasteiger partial charge < -0.3 is 10.1 Å². The average molecular weight is 352 g/mol. The second-order valence-electron chi connectivity index (χ2n) is 5.36. The highest BCUT2D eigenvalue weighted by Gasteiger charge is 2.14. The maximum absolute atomic E-state index is 12.0. The molecule has 0 saturated heterocycles. The van der Waals surface area contributed by atoms with Crippen LogP contribution in [0.15, 0.2) is 40.4 Å². The number of halogens is 1. The summed E-state index contributed by atoms with van der Waals surface area (Å²) >= 11 is 3.37. The SMILES string of the molecule is CC(Oc1ccc(Br)cc1)C(=O)NCCC1=CCCCC1. The third-order valence-electron chi connectivity index (χ3n) is 3.63. The van der Waals surface area contributed by atoms with Crippen molar-refractivity contribution < 1.29 is 9.53 Å². The van der Waals surface area contributed by atoms with Crippen molar-refractivity contribution in [1.82, 2.24) is 5.32 Å². The van der Waals surface area contributed by atoms with Crippen LogP contribution in [0.4, 0.5) is 0 Å². The summed E-state index contributed by atoms with van der Waals surface area (Å²) in [6.45, 7) is 2.47. The molecule has 0 saturated carbocycles. The molecule has 1 aromatic rings. The quantitative estimate of drug-likeness (QED) is 0.779. The lowest BCUT2D eigenvalue weighted by molar-refractivity contribution is -0.127. The zero-order valence-corrected chi connectivity index (χ0v) is 14.0. The molecule has 114 valence electrons. The zero-order chi connectivity index (χ0) is 15.1. The van der Waals surface area contributed by atoms with Gasteiger partial charge in [0.1, 0.15) is 5.75 Å². The van der Waals surface area contributed by atoms with Gasteiger partial charge in [0.05, 0.1) is 0 Å². The second kappa shape index (κ2) is 8.23. The van der Waals surface area contributed by atoms with Crippen LogP contribution in [0.3, 0.4) is 0 Å². The largest absolute Gasteiger partial charge is 0.481 e. The molecular weight excluding hydrogens is 330 g/mol. The molecule has 0 bridgehead atoms. The molecule has 1 atom stereocenters. The number of rotatable bonds is 6. The van der Waals surface area contributed by atoms with Gasteiger partial charge in [-0.1, -0.05) is 27.6 Å². The van der Waals surface area contributed by atoms with Crippen LogP contribution in [0.25, 0.3) is 0 Å². The molecule has 4 heteroatoms. The third kappa shape index (κ3) is 5.54. The number of benzene rings is 1. The molecule has 0 fully saturated rings. The first kappa shape index (κ1) is 16.1. The first-order chi connectivity index (χ1) is 10.1. The molecule has 1 aromatic carbocycles. The Labute approximate surface area is 134 Å². The molecule has 2 rings (SSSR count). The van der Waals surface area contributed by atoms with Crippen LogP contribution < -0.4 is 10.1 Å². The Bertz CT molecular complexity index is 496. The Morgan fingerprint density at radius 3 is 2.76 bits per heavy atom. The maximum Gasteiger partial charge on any atom is 0.260 e. The van der Waals surface area contributed by atoms with Crippen molar-refractivity contribution >= 4 is 21.8 Å². The van der Waals surface area contributed by atoms with Gasteiger partial charge in [0.2, 0.25) is 0 Å². The van der Waals surface area contributed by atoms with Gasteiger partial charge in [-0.25, -0.2) is 0 Å². The number of carbonyl (C=O) groups excluding carboxylic acids is 1. The molecule has 0 aliphatic heterocycles. The minimum absolute atomic E-state index is 0.0608. The summed E-state index contributed by atoms with van der Waals surface area (Å²) in [5.41, 5.74) is 1.48. The van der Waals surface area contributed by atoms with Crippen molar-refractivity contribution in [2.24, 2.45) is 0 Å².